The smallest absolute Gasteiger partial charge is 0.224 e. The number of nitrogens with one attached hydrogen (secondary N) is 1. The van der Waals surface area contributed by atoms with Crippen LogP contribution in [-0.2, 0) is 9.59 Å². The van der Waals surface area contributed by atoms with E-state index in [-0.39, 0.29) is 35.2 Å². The highest BCUT2D eigenvalue weighted by Crippen LogP contribution is 2.29. The van der Waals surface area contributed by atoms with Crippen LogP contribution in [0.1, 0.15) is 44.9 Å². The number of hydrogen-bond donors (Lipinski definition) is 2. The lowest BCUT2D eigenvalue weighted by Crippen LogP contribution is -2.45. The number of rotatable bonds is 7. The molecule has 0 spiro atoms. The van der Waals surface area contributed by atoms with E-state index >= 15 is 0 Å². The van der Waals surface area contributed by atoms with Crippen LogP contribution in [-0.4, -0.2) is 47.3 Å². The molecular weight excluding hydrogens is 338 g/mol. The Kier molecular flexibility index (Phi) is 6.18. The molecule has 0 aromatic heterocycles. The summed E-state index contributed by atoms with van der Waals surface area (Å²) in [6.07, 6.45) is 11.8. The summed E-state index contributed by atoms with van der Waals surface area (Å²) in [5, 5.41) is 3.03. The summed E-state index contributed by atoms with van der Waals surface area (Å²) in [7, 11) is 0. The molecule has 0 aromatic rings. The molecule has 1 saturated heterocycles. The molecule has 25 heavy (non-hydrogen) atoms. The van der Waals surface area contributed by atoms with Crippen molar-refractivity contribution in [3.05, 3.63) is 23.8 Å². The zero-order valence-electron chi connectivity index (χ0n) is 14.6. The summed E-state index contributed by atoms with van der Waals surface area (Å²) in [4.78, 5) is 26.4. The molecule has 1 saturated carbocycles. The second-order valence-corrected chi connectivity index (χ2v) is 8.06. The van der Waals surface area contributed by atoms with Crippen molar-refractivity contribution in [2.75, 3.05) is 13.1 Å². The van der Waals surface area contributed by atoms with Gasteiger partial charge in [0.05, 0.1) is 5.38 Å². The Morgan fingerprint density at radius 3 is 2.88 bits per heavy atom. The van der Waals surface area contributed by atoms with Crippen LogP contribution >= 0.6 is 11.6 Å². The minimum Gasteiger partial charge on any atom is -0.354 e. The van der Waals surface area contributed by atoms with Gasteiger partial charge in [0.25, 0.3) is 0 Å². The minimum absolute atomic E-state index is 0.0287. The molecule has 3 N–H and O–H groups in total. The summed E-state index contributed by atoms with van der Waals surface area (Å²) in [6.45, 7) is 1.34. The molecule has 2 amide bonds. The van der Waals surface area contributed by atoms with E-state index in [1.54, 1.807) is 0 Å². The summed E-state index contributed by atoms with van der Waals surface area (Å²) in [5.74, 6) is 0.455. The number of hydrogen-bond acceptors (Lipinski definition) is 3. The zero-order chi connectivity index (χ0) is 17.8. The van der Waals surface area contributed by atoms with Crippen molar-refractivity contribution in [3.63, 3.8) is 0 Å². The SMILES string of the molecule is N[C@@H](CC(=O)N1CCCC1CNC(=O)C1CC1)CC1=CC=CC(Cl)C1. The van der Waals surface area contributed by atoms with Gasteiger partial charge < -0.3 is 16.0 Å². The Morgan fingerprint density at radius 1 is 1.36 bits per heavy atom. The molecule has 2 aliphatic carbocycles. The number of alkyl halides is 1. The van der Waals surface area contributed by atoms with Gasteiger partial charge in [0, 0.05) is 37.5 Å². The first kappa shape index (κ1) is 18.5. The molecule has 0 aromatic carbocycles. The van der Waals surface area contributed by atoms with E-state index < -0.39 is 0 Å². The van der Waals surface area contributed by atoms with E-state index in [4.69, 9.17) is 17.3 Å². The zero-order valence-corrected chi connectivity index (χ0v) is 15.4. The molecule has 3 atom stereocenters. The van der Waals surface area contributed by atoms with Crippen LogP contribution in [0.2, 0.25) is 0 Å². The first-order chi connectivity index (χ1) is 12.0. The van der Waals surface area contributed by atoms with E-state index in [1.165, 1.54) is 5.57 Å². The first-order valence-electron chi connectivity index (χ1n) is 9.36. The standard InChI is InChI=1S/C19H28ClN3O2/c20-15-4-1-3-13(9-15)10-16(21)11-18(24)23-8-2-5-17(23)12-22-19(25)14-6-7-14/h1,3-4,14-17H,2,5-12,21H2,(H,22,25)/t15?,16-,17?/m1/s1. The monoisotopic (exact) mass is 365 g/mol. The topological polar surface area (TPSA) is 75.4 Å². The second kappa shape index (κ2) is 8.37. The summed E-state index contributed by atoms with van der Waals surface area (Å²) < 4.78 is 0. The fourth-order valence-electron chi connectivity index (χ4n) is 3.69. The Balaban J connectivity index is 1.45. The third-order valence-corrected chi connectivity index (χ3v) is 5.53. The maximum Gasteiger partial charge on any atom is 0.224 e. The number of carbonyl (C=O) groups excluding carboxylic acids is 2. The van der Waals surface area contributed by atoms with Gasteiger partial charge in [-0.15, -0.1) is 11.6 Å². The van der Waals surface area contributed by atoms with Crippen molar-refractivity contribution >= 4 is 23.4 Å². The molecule has 5 nitrogen and oxygen atoms in total. The normalized spacial score (nSPS) is 27.1. The van der Waals surface area contributed by atoms with E-state index in [0.717, 1.165) is 38.6 Å². The molecule has 1 heterocycles. The quantitative estimate of drug-likeness (QED) is 0.678. The van der Waals surface area contributed by atoms with Gasteiger partial charge in [0.1, 0.15) is 0 Å². The second-order valence-electron chi connectivity index (χ2n) is 7.50. The Hall–Kier alpha value is -1.33. The third-order valence-electron chi connectivity index (χ3n) is 5.23. The molecule has 0 bridgehead atoms. The van der Waals surface area contributed by atoms with Gasteiger partial charge in [0.15, 0.2) is 0 Å². The molecule has 3 aliphatic rings. The highest BCUT2D eigenvalue weighted by molar-refractivity contribution is 6.22. The van der Waals surface area contributed by atoms with Crippen molar-refractivity contribution in [3.8, 4) is 0 Å². The van der Waals surface area contributed by atoms with Gasteiger partial charge in [-0.3, -0.25) is 9.59 Å². The largest absolute Gasteiger partial charge is 0.354 e. The van der Waals surface area contributed by atoms with Gasteiger partial charge >= 0.3 is 0 Å². The van der Waals surface area contributed by atoms with E-state index in [1.807, 2.05) is 17.1 Å². The van der Waals surface area contributed by atoms with Crippen LogP contribution in [0, 0.1) is 5.92 Å². The molecular formula is C19H28ClN3O2. The van der Waals surface area contributed by atoms with Crippen LogP contribution in [0.15, 0.2) is 23.8 Å². The minimum atomic E-state index is -0.184. The number of nitrogens with two attached hydrogens (primary N) is 1. The average molecular weight is 366 g/mol. The summed E-state index contributed by atoms with van der Waals surface area (Å²) >= 11 is 6.13. The van der Waals surface area contributed by atoms with Crippen molar-refractivity contribution in [2.24, 2.45) is 11.7 Å². The van der Waals surface area contributed by atoms with Crippen molar-refractivity contribution in [2.45, 2.75) is 62.4 Å². The van der Waals surface area contributed by atoms with Crippen molar-refractivity contribution < 1.29 is 9.59 Å². The molecule has 2 unspecified atom stereocenters. The maximum atomic E-state index is 12.6. The number of allylic oxidation sites excluding steroid dienone is 3. The van der Waals surface area contributed by atoms with Crippen molar-refractivity contribution in [1.82, 2.24) is 10.2 Å². The number of amides is 2. The number of halogens is 1. The van der Waals surface area contributed by atoms with Crippen LogP contribution in [0.4, 0.5) is 0 Å². The lowest BCUT2D eigenvalue weighted by molar-refractivity contribution is -0.133. The summed E-state index contributed by atoms with van der Waals surface area (Å²) in [5.41, 5.74) is 7.41. The van der Waals surface area contributed by atoms with Gasteiger partial charge in [-0.1, -0.05) is 23.8 Å². The predicted molar refractivity (Wildman–Crippen MR) is 99.2 cm³/mol. The molecule has 1 aliphatic heterocycles. The van der Waals surface area contributed by atoms with Gasteiger partial charge in [0.2, 0.25) is 11.8 Å². The number of likely N-dealkylation sites (tertiary alicyclic amines) is 1. The Bertz CT molecular complexity index is 571. The highest BCUT2D eigenvalue weighted by Gasteiger charge is 2.33. The lowest BCUT2D eigenvalue weighted by atomic mass is 9.96. The van der Waals surface area contributed by atoms with Crippen molar-refractivity contribution in [1.29, 1.82) is 0 Å². The fourth-order valence-corrected chi connectivity index (χ4v) is 3.97. The fraction of sp³-hybridized carbons (Fsp3) is 0.684. The molecule has 6 heteroatoms. The summed E-state index contributed by atoms with van der Waals surface area (Å²) in [6, 6.07) is -0.0668. The highest BCUT2D eigenvalue weighted by atomic mass is 35.5. The third kappa shape index (κ3) is 5.32. The van der Waals surface area contributed by atoms with E-state index in [2.05, 4.69) is 11.4 Å². The number of nitrogens with zero attached hydrogens (tertiary/aromatic N) is 1. The average Bonchev–Trinajstić information content (AvgIpc) is 3.30. The Labute approximate surface area is 154 Å². The van der Waals surface area contributed by atoms with Crippen LogP contribution < -0.4 is 11.1 Å². The Morgan fingerprint density at radius 2 is 2.16 bits per heavy atom. The lowest BCUT2D eigenvalue weighted by Gasteiger charge is -2.26. The van der Waals surface area contributed by atoms with Crippen LogP contribution in [0.5, 0.6) is 0 Å². The maximum absolute atomic E-state index is 12.6. The van der Waals surface area contributed by atoms with E-state index in [9.17, 15) is 9.59 Å². The molecule has 0 radical (unpaired) electrons. The first-order valence-corrected chi connectivity index (χ1v) is 9.79. The molecule has 138 valence electrons. The number of carbonyl (C=O) groups is 2. The van der Waals surface area contributed by atoms with Gasteiger partial charge in [-0.25, -0.2) is 0 Å². The predicted octanol–water partition coefficient (Wildman–Crippen LogP) is 2.10. The van der Waals surface area contributed by atoms with E-state index in [0.29, 0.717) is 19.4 Å². The van der Waals surface area contributed by atoms with Gasteiger partial charge in [-0.2, -0.15) is 0 Å². The molecule has 3 rings (SSSR count). The molecule has 2 fully saturated rings. The van der Waals surface area contributed by atoms with Crippen LogP contribution in [0.25, 0.3) is 0 Å². The van der Waals surface area contributed by atoms with Crippen LogP contribution in [0.3, 0.4) is 0 Å². The van der Waals surface area contributed by atoms with Gasteiger partial charge in [-0.05, 0) is 38.5 Å².